The minimum absolute atomic E-state index is 0. The molecule has 4 fully saturated rings. The zero-order valence-electron chi connectivity index (χ0n) is 18.7. The average Bonchev–Trinajstić information content (AvgIpc) is 3.50. The maximum Gasteiger partial charge on any atom is 0.251 e. The van der Waals surface area contributed by atoms with Crippen LogP contribution in [0.4, 0.5) is 0 Å². The highest BCUT2D eigenvalue weighted by molar-refractivity contribution is 14.0. The van der Waals surface area contributed by atoms with Gasteiger partial charge in [0.1, 0.15) is 6.10 Å². The molecule has 4 rings (SSSR count). The van der Waals surface area contributed by atoms with Crippen molar-refractivity contribution < 1.29 is 14.3 Å². The number of ether oxygens (including phenoxy) is 2. The summed E-state index contributed by atoms with van der Waals surface area (Å²) in [7, 11) is 0. The van der Waals surface area contributed by atoms with Gasteiger partial charge in [-0.15, -0.1) is 24.0 Å². The van der Waals surface area contributed by atoms with Crippen LogP contribution in [0.1, 0.15) is 26.2 Å². The number of carbonyl (C=O) groups is 1. The van der Waals surface area contributed by atoms with Crippen LogP contribution in [-0.4, -0.2) is 122 Å². The zero-order valence-corrected chi connectivity index (χ0v) is 21.9. The summed E-state index contributed by atoms with van der Waals surface area (Å²) in [5, 5.41) is 3.49. The Labute approximate surface area is 207 Å². The third-order valence-corrected chi connectivity index (χ3v) is 7.95. The van der Waals surface area contributed by atoms with E-state index in [2.05, 4.69) is 22.0 Å². The number of nitrogens with zero attached hydrogens (tertiary/aromatic N) is 4. The first-order valence-electron chi connectivity index (χ1n) is 11.6. The highest BCUT2D eigenvalue weighted by Crippen LogP contribution is 2.34. The van der Waals surface area contributed by atoms with E-state index in [4.69, 9.17) is 14.5 Å². The molecule has 4 saturated heterocycles. The van der Waals surface area contributed by atoms with Crippen molar-refractivity contribution in [1.29, 1.82) is 0 Å². The van der Waals surface area contributed by atoms with E-state index < -0.39 is 0 Å². The van der Waals surface area contributed by atoms with E-state index in [1.54, 1.807) is 0 Å². The Morgan fingerprint density at radius 3 is 2.48 bits per heavy atom. The molecule has 4 aliphatic rings. The van der Waals surface area contributed by atoms with Crippen LogP contribution in [-0.2, 0) is 14.3 Å². The smallest absolute Gasteiger partial charge is 0.251 e. The van der Waals surface area contributed by atoms with Crippen molar-refractivity contribution in [1.82, 2.24) is 20.0 Å². The predicted molar refractivity (Wildman–Crippen MR) is 136 cm³/mol. The maximum atomic E-state index is 12.6. The van der Waals surface area contributed by atoms with E-state index in [0.717, 1.165) is 96.7 Å². The number of morpholine rings is 1. The second-order valence-corrected chi connectivity index (χ2v) is 9.72. The number of carbonyl (C=O) groups excluding carboxylic acids is 1. The van der Waals surface area contributed by atoms with Gasteiger partial charge >= 0.3 is 0 Å². The van der Waals surface area contributed by atoms with Crippen molar-refractivity contribution in [2.24, 2.45) is 4.99 Å². The highest BCUT2D eigenvalue weighted by atomic mass is 127. The Kier molecular flexibility index (Phi) is 10.0. The molecule has 0 spiro atoms. The van der Waals surface area contributed by atoms with Crippen LogP contribution in [0.2, 0.25) is 0 Å². The fourth-order valence-electron chi connectivity index (χ4n) is 4.87. The Balaban J connectivity index is 0.00000272. The molecule has 0 aromatic heterocycles. The van der Waals surface area contributed by atoms with Gasteiger partial charge in [0.25, 0.3) is 5.91 Å². The first-order chi connectivity index (χ1) is 14.7. The molecule has 1 amide bonds. The van der Waals surface area contributed by atoms with Crippen LogP contribution in [0.5, 0.6) is 0 Å². The molecule has 4 aliphatic heterocycles. The van der Waals surface area contributed by atoms with E-state index in [-0.39, 0.29) is 41.5 Å². The van der Waals surface area contributed by atoms with Gasteiger partial charge in [0, 0.05) is 58.2 Å². The number of nitrogens with one attached hydrogen (secondary N) is 1. The number of aliphatic imine (C=N–C) groups is 1. The number of rotatable bonds is 5. The van der Waals surface area contributed by atoms with Crippen molar-refractivity contribution in [2.75, 3.05) is 83.7 Å². The van der Waals surface area contributed by atoms with E-state index in [0.29, 0.717) is 0 Å². The van der Waals surface area contributed by atoms with Gasteiger partial charge in [0.05, 0.1) is 25.3 Å². The van der Waals surface area contributed by atoms with Crippen LogP contribution in [0, 0.1) is 0 Å². The Hall–Kier alpha value is -0.300. The molecule has 4 heterocycles. The van der Waals surface area contributed by atoms with Crippen molar-refractivity contribution in [3.8, 4) is 0 Å². The zero-order chi connectivity index (χ0) is 20.8. The summed E-state index contributed by atoms with van der Waals surface area (Å²) in [5.74, 6) is 3.53. The number of hydrogen-bond donors (Lipinski definition) is 1. The van der Waals surface area contributed by atoms with Gasteiger partial charge in [0.2, 0.25) is 0 Å². The fraction of sp³-hybridized carbons (Fsp3) is 0.905. The molecule has 0 bridgehead atoms. The lowest BCUT2D eigenvalue weighted by Gasteiger charge is -2.42. The molecule has 8 nitrogen and oxygen atoms in total. The predicted octanol–water partition coefficient (Wildman–Crippen LogP) is 1.10. The second kappa shape index (κ2) is 12.2. The average molecular weight is 568 g/mol. The lowest BCUT2D eigenvalue weighted by atomic mass is 9.96. The molecule has 0 saturated carbocycles. The first kappa shape index (κ1) is 25.3. The van der Waals surface area contributed by atoms with Gasteiger partial charge in [-0.05, 0) is 31.9 Å². The molecule has 0 aromatic carbocycles. The number of piperazine rings is 1. The first-order valence-corrected chi connectivity index (χ1v) is 12.7. The molecule has 1 N–H and O–H groups in total. The topological polar surface area (TPSA) is 69.6 Å². The molecule has 2 unspecified atom stereocenters. The number of halogens is 1. The third-order valence-electron chi connectivity index (χ3n) is 6.72. The number of hydrogen-bond acceptors (Lipinski definition) is 6. The number of guanidine groups is 1. The normalized spacial score (nSPS) is 30.4. The van der Waals surface area contributed by atoms with Crippen LogP contribution in [0.3, 0.4) is 0 Å². The van der Waals surface area contributed by atoms with Gasteiger partial charge in [-0.25, -0.2) is 0 Å². The number of amides is 1. The van der Waals surface area contributed by atoms with Crippen molar-refractivity contribution >= 4 is 47.6 Å². The van der Waals surface area contributed by atoms with Gasteiger partial charge in [-0.3, -0.25) is 14.7 Å². The van der Waals surface area contributed by atoms with E-state index in [1.165, 1.54) is 12.2 Å². The molecule has 31 heavy (non-hydrogen) atoms. The summed E-state index contributed by atoms with van der Waals surface area (Å²) in [4.78, 5) is 24.7. The molecular formula is C21H38IN5O3S. The molecule has 0 aliphatic carbocycles. The molecule has 2 atom stereocenters. The van der Waals surface area contributed by atoms with E-state index >= 15 is 0 Å². The summed E-state index contributed by atoms with van der Waals surface area (Å²) in [6.07, 6.45) is 2.85. The monoisotopic (exact) mass is 567 g/mol. The summed E-state index contributed by atoms with van der Waals surface area (Å²) in [6.45, 7) is 11.3. The molecule has 10 heteroatoms. The van der Waals surface area contributed by atoms with Crippen molar-refractivity contribution in [3.05, 3.63) is 0 Å². The van der Waals surface area contributed by atoms with Crippen LogP contribution >= 0.6 is 35.7 Å². The largest absolute Gasteiger partial charge is 0.379 e. The van der Waals surface area contributed by atoms with Gasteiger partial charge < -0.3 is 24.6 Å². The Morgan fingerprint density at radius 2 is 1.87 bits per heavy atom. The van der Waals surface area contributed by atoms with E-state index in [9.17, 15) is 4.79 Å². The summed E-state index contributed by atoms with van der Waals surface area (Å²) < 4.78 is 11.2. The number of thioether (sulfide) groups is 1. The Bertz CT molecular complexity index is 600. The minimum atomic E-state index is -0.216. The van der Waals surface area contributed by atoms with Gasteiger partial charge in [-0.2, -0.15) is 11.8 Å². The lowest BCUT2D eigenvalue weighted by molar-refractivity contribution is -0.142. The highest BCUT2D eigenvalue weighted by Gasteiger charge is 2.41. The molecule has 0 radical (unpaired) electrons. The Morgan fingerprint density at radius 1 is 1.13 bits per heavy atom. The fourth-order valence-corrected chi connectivity index (χ4v) is 6.34. The SMILES string of the molecule is CCNC(=NCC1(N2CCOCC2)CCSC1)N1CCN(C(=O)C2CCCO2)CC1.I. The van der Waals surface area contributed by atoms with Gasteiger partial charge in [0.15, 0.2) is 5.96 Å². The maximum absolute atomic E-state index is 12.6. The summed E-state index contributed by atoms with van der Waals surface area (Å²) in [5.41, 5.74) is 0.159. The van der Waals surface area contributed by atoms with Crippen molar-refractivity contribution in [3.63, 3.8) is 0 Å². The molecular weight excluding hydrogens is 529 g/mol. The van der Waals surface area contributed by atoms with Gasteiger partial charge in [-0.1, -0.05) is 0 Å². The second-order valence-electron chi connectivity index (χ2n) is 8.61. The van der Waals surface area contributed by atoms with Crippen LogP contribution < -0.4 is 5.32 Å². The lowest BCUT2D eigenvalue weighted by Crippen LogP contribution is -2.57. The minimum Gasteiger partial charge on any atom is -0.379 e. The van der Waals surface area contributed by atoms with E-state index in [1.807, 2.05) is 16.7 Å². The molecule has 0 aromatic rings. The third kappa shape index (κ3) is 6.18. The van der Waals surface area contributed by atoms with Crippen molar-refractivity contribution in [2.45, 2.75) is 37.8 Å². The molecule has 178 valence electrons. The summed E-state index contributed by atoms with van der Waals surface area (Å²) >= 11 is 2.05. The quantitative estimate of drug-likeness (QED) is 0.303. The van der Waals surface area contributed by atoms with Crippen LogP contribution in [0.15, 0.2) is 4.99 Å². The summed E-state index contributed by atoms with van der Waals surface area (Å²) in [6, 6.07) is 0. The van der Waals surface area contributed by atoms with Crippen LogP contribution in [0.25, 0.3) is 0 Å². The standard InChI is InChI=1S/C21H37N5O3S.HI/c1-2-22-20(23-16-21(5-15-30-17-21)26-10-13-28-14-11-26)25-8-6-24(7-9-25)19(27)18-4-3-12-29-18;/h18H,2-17H2,1H3,(H,22,23);1H.